The topological polar surface area (TPSA) is 87.5 Å². The largest absolute Gasteiger partial charge is 0.481 e. The van der Waals surface area contributed by atoms with Crippen LogP contribution in [0.3, 0.4) is 0 Å². The number of urea groups is 1. The van der Waals surface area contributed by atoms with Crippen LogP contribution in [0.25, 0.3) is 5.69 Å². The van der Waals surface area contributed by atoms with Crippen molar-refractivity contribution in [3.8, 4) is 5.69 Å². The Kier molecular flexibility index (Phi) is 5.00. The number of carboxylic acids is 1. The average Bonchev–Trinajstić information content (AvgIpc) is 2.89. The molecule has 0 radical (unpaired) electrons. The standard InChI is InChI=1S/C16H20N4O3/c1-11(15(21)22)9-19(3)16(23)17-14-10-20(18-12(14)2)13-7-5-4-6-8-13/h4-8,10-11H,9H2,1-3H3,(H,17,23)(H,21,22). The minimum absolute atomic E-state index is 0.132. The van der Waals surface area contributed by atoms with Gasteiger partial charge in [0.05, 0.1) is 29.2 Å². The number of aliphatic carboxylic acids is 1. The average molecular weight is 316 g/mol. The summed E-state index contributed by atoms with van der Waals surface area (Å²) in [5.74, 6) is -1.56. The Morgan fingerprint density at radius 2 is 2.00 bits per heavy atom. The van der Waals surface area contributed by atoms with Gasteiger partial charge in [0.1, 0.15) is 0 Å². The van der Waals surface area contributed by atoms with Crippen LogP contribution in [-0.2, 0) is 4.79 Å². The maximum atomic E-state index is 12.2. The number of amides is 2. The fourth-order valence-electron chi connectivity index (χ4n) is 2.08. The third kappa shape index (κ3) is 4.09. The van der Waals surface area contributed by atoms with Gasteiger partial charge in [0.15, 0.2) is 0 Å². The Hall–Kier alpha value is -2.83. The van der Waals surface area contributed by atoms with E-state index in [2.05, 4.69) is 10.4 Å². The lowest BCUT2D eigenvalue weighted by Gasteiger charge is -2.19. The molecule has 2 N–H and O–H groups in total. The molecular weight excluding hydrogens is 296 g/mol. The molecule has 0 fully saturated rings. The summed E-state index contributed by atoms with van der Waals surface area (Å²) < 4.78 is 1.69. The molecular formula is C16H20N4O3. The molecule has 1 atom stereocenters. The van der Waals surface area contributed by atoms with Gasteiger partial charge >= 0.3 is 12.0 Å². The highest BCUT2D eigenvalue weighted by atomic mass is 16.4. The van der Waals surface area contributed by atoms with Crippen LogP contribution >= 0.6 is 0 Å². The predicted molar refractivity (Wildman–Crippen MR) is 86.7 cm³/mol. The van der Waals surface area contributed by atoms with E-state index in [1.807, 2.05) is 30.3 Å². The molecule has 1 aromatic carbocycles. The van der Waals surface area contributed by atoms with Crippen LogP contribution in [0.4, 0.5) is 10.5 Å². The number of nitrogens with zero attached hydrogens (tertiary/aromatic N) is 3. The third-order valence-corrected chi connectivity index (χ3v) is 3.48. The fraction of sp³-hybridized carbons (Fsp3) is 0.312. The van der Waals surface area contributed by atoms with Gasteiger partial charge in [-0.1, -0.05) is 25.1 Å². The maximum Gasteiger partial charge on any atom is 0.321 e. The lowest BCUT2D eigenvalue weighted by Crippen LogP contribution is -2.36. The fourth-order valence-corrected chi connectivity index (χ4v) is 2.08. The Balaban J connectivity index is 2.07. The first-order chi connectivity index (χ1) is 10.9. The van der Waals surface area contributed by atoms with Crippen LogP contribution in [0.1, 0.15) is 12.6 Å². The van der Waals surface area contributed by atoms with Crippen LogP contribution in [0.5, 0.6) is 0 Å². The second-order valence-corrected chi connectivity index (χ2v) is 5.46. The number of anilines is 1. The second kappa shape index (κ2) is 6.95. The highest BCUT2D eigenvalue weighted by molar-refractivity contribution is 5.90. The third-order valence-electron chi connectivity index (χ3n) is 3.48. The number of carbonyl (C=O) groups is 2. The Morgan fingerprint density at radius 3 is 2.61 bits per heavy atom. The molecule has 23 heavy (non-hydrogen) atoms. The lowest BCUT2D eigenvalue weighted by atomic mass is 10.2. The minimum Gasteiger partial charge on any atom is -0.481 e. The molecule has 0 saturated heterocycles. The van der Waals surface area contributed by atoms with Crippen molar-refractivity contribution in [2.45, 2.75) is 13.8 Å². The van der Waals surface area contributed by atoms with Crippen molar-refractivity contribution in [3.05, 3.63) is 42.2 Å². The molecule has 2 aromatic rings. The zero-order valence-corrected chi connectivity index (χ0v) is 13.4. The van der Waals surface area contributed by atoms with Crippen molar-refractivity contribution in [1.29, 1.82) is 0 Å². The number of rotatable bonds is 5. The van der Waals surface area contributed by atoms with E-state index in [-0.39, 0.29) is 12.6 Å². The highest BCUT2D eigenvalue weighted by Crippen LogP contribution is 2.17. The number of aromatic nitrogens is 2. The molecule has 0 spiro atoms. The molecule has 0 bridgehead atoms. The molecule has 1 unspecified atom stereocenters. The van der Waals surface area contributed by atoms with Gasteiger partial charge in [0.2, 0.25) is 0 Å². The molecule has 0 aliphatic carbocycles. The van der Waals surface area contributed by atoms with Crippen molar-refractivity contribution in [1.82, 2.24) is 14.7 Å². The normalized spacial score (nSPS) is 11.8. The Bertz CT molecular complexity index is 697. The Morgan fingerprint density at radius 1 is 1.35 bits per heavy atom. The summed E-state index contributed by atoms with van der Waals surface area (Å²) in [4.78, 5) is 24.4. The number of carboxylic acid groups (broad SMARTS) is 1. The summed E-state index contributed by atoms with van der Waals surface area (Å²) in [6, 6.07) is 9.20. The van der Waals surface area contributed by atoms with E-state index in [4.69, 9.17) is 5.11 Å². The molecule has 0 aliphatic rings. The van der Waals surface area contributed by atoms with Gasteiger partial charge in [-0.15, -0.1) is 0 Å². The van der Waals surface area contributed by atoms with Crippen LogP contribution in [-0.4, -0.2) is 45.4 Å². The molecule has 7 heteroatoms. The molecule has 2 amide bonds. The summed E-state index contributed by atoms with van der Waals surface area (Å²) in [7, 11) is 1.56. The monoisotopic (exact) mass is 316 g/mol. The molecule has 1 aromatic heterocycles. The molecule has 7 nitrogen and oxygen atoms in total. The van der Waals surface area contributed by atoms with Crippen LogP contribution in [0, 0.1) is 12.8 Å². The van der Waals surface area contributed by atoms with E-state index in [1.54, 1.807) is 31.8 Å². The summed E-state index contributed by atoms with van der Waals surface area (Å²) >= 11 is 0. The van der Waals surface area contributed by atoms with E-state index in [0.717, 1.165) is 5.69 Å². The minimum atomic E-state index is -0.933. The second-order valence-electron chi connectivity index (χ2n) is 5.46. The number of benzene rings is 1. The van der Waals surface area contributed by atoms with Crippen LogP contribution in [0.15, 0.2) is 36.5 Å². The predicted octanol–water partition coefficient (Wildman–Crippen LogP) is 2.37. The van der Waals surface area contributed by atoms with Gasteiger partial charge in [-0.2, -0.15) is 5.10 Å². The van der Waals surface area contributed by atoms with E-state index < -0.39 is 11.9 Å². The zero-order chi connectivity index (χ0) is 17.0. The summed E-state index contributed by atoms with van der Waals surface area (Å²) in [5.41, 5.74) is 2.17. The number of aryl methyl sites for hydroxylation is 1. The van der Waals surface area contributed by atoms with E-state index >= 15 is 0 Å². The molecule has 2 rings (SSSR count). The molecule has 122 valence electrons. The number of carbonyl (C=O) groups excluding carboxylic acids is 1. The lowest BCUT2D eigenvalue weighted by molar-refractivity contribution is -0.141. The van der Waals surface area contributed by atoms with Gasteiger partial charge in [-0.25, -0.2) is 9.48 Å². The van der Waals surface area contributed by atoms with Crippen LogP contribution in [0.2, 0.25) is 0 Å². The zero-order valence-electron chi connectivity index (χ0n) is 13.4. The summed E-state index contributed by atoms with van der Waals surface area (Å²) in [6.07, 6.45) is 1.73. The van der Waals surface area contributed by atoms with Gasteiger partial charge in [0, 0.05) is 13.6 Å². The number of hydrogen-bond donors (Lipinski definition) is 2. The number of para-hydroxylation sites is 1. The molecule has 1 heterocycles. The van der Waals surface area contributed by atoms with Crippen molar-refractivity contribution >= 4 is 17.7 Å². The summed E-state index contributed by atoms with van der Waals surface area (Å²) in [5, 5.41) is 16.0. The quantitative estimate of drug-likeness (QED) is 0.886. The van der Waals surface area contributed by atoms with Crippen LogP contribution < -0.4 is 5.32 Å². The van der Waals surface area contributed by atoms with Gasteiger partial charge in [-0.05, 0) is 19.1 Å². The first kappa shape index (κ1) is 16.5. The maximum absolute atomic E-state index is 12.2. The number of hydrogen-bond acceptors (Lipinski definition) is 3. The van der Waals surface area contributed by atoms with E-state index in [1.165, 1.54) is 4.90 Å². The van der Waals surface area contributed by atoms with Crippen molar-refractivity contribution in [2.75, 3.05) is 18.9 Å². The van der Waals surface area contributed by atoms with Gasteiger partial charge < -0.3 is 15.3 Å². The first-order valence-corrected chi connectivity index (χ1v) is 7.25. The smallest absolute Gasteiger partial charge is 0.321 e. The summed E-state index contributed by atoms with van der Waals surface area (Å²) in [6.45, 7) is 3.49. The van der Waals surface area contributed by atoms with Crippen molar-refractivity contribution in [3.63, 3.8) is 0 Å². The van der Waals surface area contributed by atoms with Crippen molar-refractivity contribution < 1.29 is 14.7 Å². The van der Waals surface area contributed by atoms with Gasteiger partial charge in [-0.3, -0.25) is 4.79 Å². The van der Waals surface area contributed by atoms with Gasteiger partial charge in [0.25, 0.3) is 0 Å². The van der Waals surface area contributed by atoms with E-state index in [9.17, 15) is 9.59 Å². The highest BCUT2D eigenvalue weighted by Gasteiger charge is 2.18. The Labute approximate surface area is 134 Å². The molecule has 0 aliphatic heterocycles. The SMILES string of the molecule is Cc1nn(-c2ccccc2)cc1NC(=O)N(C)CC(C)C(=O)O. The molecule has 0 saturated carbocycles. The van der Waals surface area contributed by atoms with E-state index in [0.29, 0.717) is 11.4 Å². The van der Waals surface area contributed by atoms with Crippen molar-refractivity contribution in [2.24, 2.45) is 5.92 Å². The first-order valence-electron chi connectivity index (χ1n) is 7.25. The number of nitrogens with one attached hydrogen (secondary N) is 1.